The zero-order chi connectivity index (χ0) is 23.3. The first-order valence-electron chi connectivity index (χ1n) is 9.37. The summed E-state index contributed by atoms with van der Waals surface area (Å²) in [6.45, 7) is 0. The van der Waals surface area contributed by atoms with Gasteiger partial charge in [-0.1, -0.05) is 77.3 Å². The number of carbonyl (C=O) groups is 2. The van der Waals surface area contributed by atoms with Crippen molar-refractivity contribution in [1.82, 2.24) is 10.6 Å². The third-order valence-electron chi connectivity index (χ3n) is 4.53. The number of fused-ring (bicyclic) bond motifs is 1. The molecule has 0 aliphatic rings. The highest BCUT2D eigenvalue weighted by molar-refractivity contribution is 7.80. The first-order valence-corrected chi connectivity index (χ1v) is 10.9. The van der Waals surface area contributed by atoms with Crippen molar-refractivity contribution >= 4 is 80.5 Å². The van der Waals surface area contributed by atoms with Gasteiger partial charge in [-0.25, -0.2) is 4.79 Å². The van der Waals surface area contributed by atoms with Crippen LogP contribution in [0.2, 0.25) is 0 Å². The van der Waals surface area contributed by atoms with Crippen molar-refractivity contribution < 1.29 is 14.7 Å². The maximum atomic E-state index is 12.7. The fourth-order valence-corrected chi connectivity index (χ4v) is 3.59. The van der Waals surface area contributed by atoms with Crippen LogP contribution in [0.15, 0.2) is 66.7 Å². The van der Waals surface area contributed by atoms with Gasteiger partial charge in [0.2, 0.25) is 9.70 Å². The first kappa shape index (κ1) is 24.1. The van der Waals surface area contributed by atoms with Gasteiger partial charge >= 0.3 is 5.97 Å². The molecule has 0 radical (unpaired) electrons. The minimum Gasteiger partial charge on any atom is -0.478 e. The number of nitrogens with one attached hydrogen (secondary N) is 3. The largest absolute Gasteiger partial charge is 0.478 e. The van der Waals surface area contributed by atoms with Crippen molar-refractivity contribution in [2.24, 2.45) is 0 Å². The second kappa shape index (κ2) is 10.4. The Morgan fingerprint density at radius 3 is 2.25 bits per heavy atom. The number of hydrogen-bond acceptors (Lipinski definition) is 3. The van der Waals surface area contributed by atoms with Crippen molar-refractivity contribution in [3.8, 4) is 0 Å². The zero-order valence-electron chi connectivity index (χ0n) is 16.4. The SMILES string of the molecule is O=C(Cc1cccc2ccccc12)N[C@@H](NC(=S)Nc1ccc(C(=O)O)cc1)C(Cl)(Cl)Cl. The van der Waals surface area contributed by atoms with Crippen LogP contribution in [0.25, 0.3) is 10.8 Å². The average Bonchev–Trinajstić information content (AvgIpc) is 2.73. The lowest BCUT2D eigenvalue weighted by Crippen LogP contribution is -2.56. The molecule has 4 N–H and O–H groups in total. The van der Waals surface area contributed by atoms with Gasteiger partial charge in [0.05, 0.1) is 12.0 Å². The van der Waals surface area contributed by atoms with Crippen molar-refractivity contribution in [1.29, 1.82) is 0 Å². The van der Waals surface area contributed by atoms with Crippen LogP contribution in [0, 0.1) is 0 Å². The number of thiocarbonyl (C=S) groups is 1. The van der Waals surface area contributed by atoms with Crippen molar-refractivity contribution in [2.75, 3.05) is 5.32 Å². The molecular weight excluding hydrogens is 493 g/mol. The van der Waals surface area contributed by atoms with E-state index in [1.54, 1.807) is 12.1 Å². The molecule has 1 amide bonds. The standard InChI is InChI=1S/C22H18Cl3N3O3S/c23-22(24,25)20(28-21(32)26-16-10-8-14(9-11-16)19(30)31)27-18(29)12-15-6-3-5-13-4-1-2-7-17(13)15/h1-11,20H,12H2,(H,27,29)(H,30,31)(H2,26,28,32)/t20-/m0/s1. The van der Waals surface area contributed by atoms with E-state index in [4.69, 9.17) is 52.1 Å². The number of carboxylic acid groups (broad SMARTS) is 1. The highest BCUT2D eigenvalue weighted by atomic mass is 35.6. The van der Waals surface area contributed by atoms with E-state index >= 15 is 0 Å². The summed E-state index contributed by atoms with van der Waals surface area (Å²) in [5.74, 6) is -1.40. The Hall–Kier alpha value is -2.58. The van der Waals surface area contributed by atoms with Gasteiger partial charge in [0.1, 0.15) is 6.17 Å². The van der Waals surface area contributed by atoms with Gasteiger partial charge in [0.25, 0.3) is 0 Å². The predicted molar refractivity (Wildman–Crippen MR) is 133 cm³/mol. The molecule has 0 saturated heterocycles. The maximum Gasteiger partial charge on any atom is 0.335 e. The van der Waals surface area contributed by atoms with Crippen LogP contribution in [-0.4, -0.2) is 32.1 Å². The second-order valence-corrected chi connectivity index (χ2v) is 9.62. The number of carboxylic acids is 1. The van der Waals surface area contributed by atoms with Gasteiger partial charge in [-0.2, -0.15) is 0 Å². The number of alkyl halides is 3. The van der Waals surface area contributed by atoms with Crippen LogP contribution in [-0.2, 0) is 11.2 Å². The van der Waals surface area contributed by atoms with E-state index in [1.807, 2.05) is 42.5 Å². The molecule has 0 unspecified atom stereocenters. The summed E-state index contributed by atoms with van der Waals surface area (Å²) in [5.41, 5.74) is 1.50. The number of amides is 1. The highest BCUT2D eigenvalue weighted by Crippen LogP contribution is 2.29. The molecule has 32 heavy (non-hydrogen) atoms. The van der Waals surface area contributed by atoms with E-state index in [-0.39, 0.29) is 23.0 Å². The van der Waals surface area contributed by atoms with E-state index in [9.17, 15) is 9.59 Å². The van der Waals surface area contributed by atoms with Gasteiger partial charge in [-0.3, -0.25) is 4.79 Å². The number of benzene rings is 3. The molecule has 3 rings (SSSR count). The zero-order valence-corrected chi connectivity index (χ0v) is 19.5. The average molecular weight is 511 g/mol. The summed E-state index contributed by atoms with van der Waals surface area (Å²) in [5, 5.41) is 19.3. The maximum absolute atomic E-state index is 12.7. The molecule has 0 heterocycles. The van der Waals surface area contributed by atoms with Crippen LogP contribution < -0.4 is 16.0 Å². The predicted octanol–water partition coefficient (Wildman–Crippen LogP) is 4.88. The molecule has 3 aromatic rings. The van der Waals surface area contributed by atoms with E-state index < -0.39 is 15.9 Å². The summed E-state index contributed by atoms with van der Waals surface area (Å²) in [4.78, 5) is 23.7. The topological polar surface area (TPSA) is 90.5 Å². The quantitative estimate of drug-likeness (QED) is 0.215. The molecule has 0 bridgehead atoms. The van der Waals surface area contributed by atoms with Crippen molar-refractivity contribution in [3.05, 3.63) is 77.9 Å². The third-order valence-corrected chi connectivity index (χ3v) is 5.40. The first-order chi connectivity index (χ1) is 15.1. The fourth-order valence-electron chi connectivity index (χ4n) is 3.03. The Morgan fingerprint density at radius 1 is 0.938 bits per heavy atom. The Morgan fingerprint density at radius 2 is 1.59 bits per heavy atom. The van der Waals surface area contributed by atoms with Gasteiger partial charge in [0, 0.05) is 5.69 Å². The minimum atomic E-state index is -1.90. The number of halogens is 3. The summed E-state index contributed by atoms with van der Waals surface area (Å²) in [6.07, 6.45) is -1.04. The molecule has 0 aromatic heterocycles. The van der Waals surface area contributed by atoms with E-state index in [2.05, 4.69) is 16.0 Å². The lowest BCUT2D eigenvalue weighted by molar-refractivity contribution is -0.121. The lowest BCUT2D eigenvalue weighted by Gasteiger charge is -2.28. The summed E-state index contributed by atoms with van der Waals surface area (Å²) < 4.78 is -1.90. The number of hydrogen-bond donors (Lipinski definition) is 4. The Balaban J connectivity index is 1.66. The van der Waals surface area contributed by atoms with Crippen molar-refractivity contribution in [2.45, 2.75) is 16.4 Å². The molecule has 10 heteroatoms. The third kappa shape index (κ3) is 6.46. The monoisotopic (exact) mass is 509 g/mol. The molecule has 1 atom stereocenters. The Kier molecular flexibility index (Phi) is 7.79. The summed E-state index contributed by atoms with van der Waals surface area (Å²) in [7, 11) is 0. The number of aromatic carboxylic acids is 1. The van der Waals surface area contributed by atoms with Crippen LogP contribution in [0.5, 0.6) is 0 Å². The van der Waals surface area contributed by atoms with E-state index in [0.29, 0.717) is 5.69 Å². The molecule has 3 aromatic carbocycles. The molecule has 0 spiro atoms. The lowest BCUT2D eigenvalue weighted by atomic mass is 10.0. The minimum absolute atomic E-state index is 0.0786. The van der Waals surface area contributed by atoms with Crippen LogP contribution in [0.3, 0.4) is 0 Å². The number of rotatable bonds is 6. The second-order valence-electron chi connectivity index (χ2n) is 6.84. The van der Waals surface area contributed by atoms with Gasteiger partial charge in [-0.05, 0) is 52.8 Å². The van der Waals surface area contributed by atoms with Crippen LogP contribution in [0.4, 0.5) is 5.69 Å². The summed E-state index contributed by atoms with van der Waals surface area (Å²) >= 11 is 23.4. The molecule has 0 saturated carbocycles. The summed E-state index contributed by atoms with van der Waals surface area (Å²) in [6, 6.07) is 19.4. The molecule has 166 valence electrons. The molecular formula is C22H18Cl3N3O3S. The fraction of sp³-hybridized carbons (Fsp3) is 0.136. The molecule has 0 fully saturated rings. The molecule has 0 aliphatic carbocycles. The van der Waals surface area contributed by atoms with Gasteiger partial charge in [0.15, 0.2) is 5.11 Å². The Labute approximate surface area is 204 Å². The smallest absolute Gasteiger partial charge is 0.335 e. The number of carbonyl (C=O) groups excluding carboxylic acids is 1. The van der Waals surface area contributed by atoms with Gasteiger partial charge in [-0.15, -0.1) is 0 Å². The van der Waals surface area contributed by atoms with E-state index in [0.717, 1.165) is 16.3 Å². The Bertz CT molecular complexity index is 1150. The van der Waals surface area contributed by atoms with Crippen LogP contribution >= 0.6 is 47.0 Å². The van der Waals surface area contributed by atoms with E-state index in [1.165, 1.54) is 12.1 Å². The van der Waals surface area contributed by atoms with Crippen molar-refractivity contribution in [3.63, 3.8) is 0 Å². The molecule has 0 aliphatic heterocycles. The highest BCUT2D eigenvalue weighted by Gasteiger charge is 2.34. The normalized spacial score (nSPS) is 12.1. The molecule has 6 nitrogen and oxygen atoms in total. The van der Waals surface area contributed by atoms with Gasteiger partial charge < -0.3 is 21.1 Å². The number of anilines is 1. The van der Waals surface area contributed by atoms with Crippen LogP contribution in [0.1, 0.15) is 15.9 Å².